The summed E-state index contributed by atoms with van der Waals surface area (Å²) in [4.78, 5) is 32.9. The van der Waals surface area contributed by atoms with Gasteiger partial charge in [-0.15, -0.1) is 0 Å². The lowest BCUT2D eigenvalue weighted by Crippen LogP contribution is -2.36. The predicted octanol–water partition coefficient (Wildman–Crippen LogP) is 0.782. The lowest BCUT2D eigenvalue weighted by molar-refractivity contribution is -0.140. The first-order chi connectivity index (χ1) is 10.1. The zero-order chi connectivity index (χ0) is 15.2. The monoisotopic (exact) mass is 289 g/mol. The Kier molecular flexibility index (Phi) is 4.65. The van der Waals surface area contributed by atoms with Gasteiger partial charge in [0.1, 0.15) is 13.1 Å². The van der Waals surface area contributed by atoms with Gasteiger partial charge in [-0.25, -0.2) is 9.97 Å². The fraction of sp³-hybridized carbons (Fsp3) is 0.286. The van der Waals surface area contributed by atoms with Gasteiger partial charge in [0.15, 0.2) is 0 Å². The summed E-state index contributed by atoms with van der Waals surface area (Å²) >= 11 is 0. The molecule has 0 aliphatic rings. The number of para-hydroxylation sites is 1. The van der Waals surface area contributed by atoms with E-state index in [-0.39, 0.29) is 19.0 Å². The molecule has 0 fully saturated rings. The zero-order valence-electron chi connectivity index (χ0n) is 11.8. The molecule has 0 saturated carbocycles. The van der Waals surface area contributed by atoms with E-state index in [1.54, 1.807) is 6.20 Å². The van der Waals surface area contributed by atoms with Crippen LogP contribution < -0.4 is 4.90 Å². The summed E-state index contributed by atoms with van der Waals surface area (Å²) < 4.78 is 9.23. The number of rotatable bonds is 5. The van der Waals surface area contributed by atoms with Crippen molar-refractivity contribution in [3.05, 3.63) is 30.5 Å². The zero-order valence-corrected chi connectivity index (χ0v) is 11.8. The minimum absolute atomic E-state index is 0.135. The SMILES string of the molecule is COC(=O)CN(CC(=O)OC)c1ncc2ccccc2n1. The lowest BCUT2D eigenvalue weighted by atomic mass is 10.2. The van der Waals surface area contributed by atoms with Crippen molar-refractivity contribution in [1.82, 2.24) is 9.97 Å². The van der Waals surface area contributed by atoms with Crippen LogP contribution in [0.5, 0.6) is 0 Å². The van der Waals surface area contributed by atoms with Crippen LogP contribution in [0.2, 0.25) is 0 Å². The Balaban J connectivity index is 2.32. The standard InChI is InChI=1S/C14H15N3O4/c1-20-12(18)8-17(9-13(19)21-2)14-15-7-10-5-3-4-6-11(10)16-14/h3-7H,8-9H2,1-2H3. The number of nitrogens with zero attached hydrogens (tertiary/aromatic N) is 3. The molecule has 0 unspecified atom stereocenters. The molecule has 0 saturated heterocycles. The second kappa shape index (κ2) is 6.65. The summed E-state index contributed by atoms with van der Waals surface area (Å²) in [5.74, 6) is -0.712. The van der Waals surface area contributed by atoms with Crippen LogP contribution in [0.25, 0.3) is 10.9 Å². The normalized spacial score (nSPS) is 10.2. The molecule has 0 amide bonds. The van der Waals surface area contributed by atoms with Gasteiger partial charge in [0.05, 0.1) is 19.7 Å². The molecule has 0 bridgehead atoms. The summed E-state index contributed by atoms with van der Waals surface area (Å²) in [6.45, 7) is -0.270. The Morgan fingerprint density at radius 2 is 1.71 bits per heavy atom. The van der Waals surface area contributed by atoms with Crippen molar-refractivity contribution in [2.75, 3.05) is 32.2 Å². The number of hydrogen-bond donors (Lipinski definition) is 0. The number of aromatic nitrogens is 2. The predicted molar refractivity (Wildman–Crippen MR) is 75.8 cm³/mol. The second-order valence-electron chi connectivity index (χ2n) is 4.24. The number of carbonyl (C=O) groups excluding carboxylic acids is 2. The minimum atomic E-state index is -0.490. The molecule has 1 aromatic carbocycles. The van der Waals surface area contributed by atoms with Gasteiger partial charge in [-0.3, -0.25) is 9.59 Å². The van der Waals surface area contributed by atoms with E-state index in [1.165, 1.54) is 19.1 Å². The quantitative estimate of drug-likeness (QED) is 0.752. The average molecular weight is 289 g/mol. The van der Waals surface area contributed by atoms with Crippen LogP contribution >= 0.6 is 0 Å². The topological polar surface area (TPSA) is 81.6 Å². The number of ether oxygens (including phenoxy) is 2. The summed E-state index contributed by atoms with van der Waals surface area (Å²) in [5, 5.41) is 0.873. The third-order valence-corrected chi connectivity index (χ3v) is 2.85. The Hall–Kier alpha value is -2.70. The highest BCUT2D eigenvalue weighted by Crippen LogP contribution is 2.14. The van der Waals surface area contributed by atoms with Gasteiger partial charge in [-0.1, -0.05) is 18.2 Å². The molecule has 2 aromatic rings. The van der Waals surface area contributed by atoms with Crippen molar-refractivity contribution in [3.8, 4) is 0 Å². The number of carbonyl (C=O) groups is 2. The van der Waals surface area contributed by atoms with Crippen molar-refractivity contribution >= 4 is 28.8 Å². The maximum absolute atomic E-state index is 11.5. The fourth-order valence-electron chi connectivity index (χ4n) is 1.75. The van der Waals surface area contributed by atoms with E-state index in [0.717, 1.165) is 10.9 Å². The average Bonchev–Trinajstić information content (AvgIpc) is 2.53. The molecular weight excluding hydrogens is 274 g/mol. The highest BCUT2D eigenvalue weighted by atomic mass is 16.5. The Bertz CT molecular complexity index is 641. The Labute approximate surface area is 121 Å². The van der Waals surface area contributed by atoms with E-state index >= 15 is 0 Å². The number of methoxy groups -OCH3 is 2. The molecular formula is C14H15N3O4. The minimum Gasteiger partial charge on any atom is -0.468 e. The maximum Gasteiger partial charge on any atom is 0.325 e. The van der Waals surface area contributed by atoms with E-state index in [1.807, 2.05) is 24.3 Å². The van der Waals surface area contributed by atoms with Crippen LogP contribution in [-0.4, -0.2) is 49.2 Å². The van der Waals surface area contributed by atoms with Gasteiger partial charge in [-0.05, 0) is 6.07 Å². The van der Waals surface area contributed by atoms with Crippen molar-refractivity contribution in [2.24, 2.45) is 0 Å². The van der Waals surface area contributed by atoms with Gasteiger partial charge in [0.25, 0.3) is 0 Å². The first-order valence-corrected chi connectivity index (χ1v) is 6.24. The van der Waals surface area contributed by atoms with Crippen LogP contribution in [0.15, 0.2) is 30.5 Å². The Morgan fingerprint density at radius 3 is 2.33 bits per heavy atom. The summed E-state index contributed by atoms with van der Waals surface area (Å²) in [5.41, 5.74) is 0.724. The first-order valence-electron chi connectivity index (χ1n) is 6.24. The summed E-state index contributed by atoms with van der Waals surface area (Å²) in [6, 6.07) is 7.44. The number of fused-ring (bicyclic) bond motifs is 1. The molecule has 7 heteroatoms. The summed E-state index contributed by atoms with van der Waals surface area (Å²) in [7, 11) is 2.56. The molecule has 7 nitrogen and oxygen atoms in total. The molecule has 0 radical (unpaired) electrons. The smallest absolute Gasteiger partial charge is 0.325 e. The third-order valence-electron chi connectivity index (χ3n) is 2.85. The van der Waals surface area contributed by atoms with Gasteiger partial charge in [-0.2, -0.15) is 0 Å². The largest absolute Gasteiger partial charge is 0.468 e. The molecule has 110 valence electrons. The first kappa shape index (κ1) is 14.7. The van der Waals surface area contributed by atoms with Crippen LogP contribution in [0.3, 0.4) is 0 Å². The fourth-order valence-corrected chi connectivity index (χ4v) is 1.75. The molecule has 0 aliphatic carbocycles. The van der Waals surface area contributed by atoms with Crippen molar-refractivity contribution in [2.45, 2.75) is 0 Å². The van der Waals surface area contributed by atoms with E-state index < -0.39 is 11.9 Å². The molecule has 0 spiro atoms. The third kappa shape index (κ3) is 3.65. The van der Waals surface area contributed by atoms with Crippen LogP contribution in [0, 0.1) is 0 Å². The van der Waals surface area contributed by atoms with Crippen LogP contribution in [0.1, 0.15) is 0 Å². The van der Waals surface area contributed by atoms with E-state index in [4.69, 9.17) is 0 Å². The molecule has 0 aliphatic heterocycles. The Morgan fingerprint density at radius 1 is 1.10 bits per heavy atom. The number of hydrogen-bond acceptors (Lipinski definition) is 7. The molecule has 21 heavy (non-hydrogen) atoms. The lowest BCUT2D eigenvalue weighted by Gasteiger charge is -2.20. The maximum atomic E-state index is 11.5. The van der Waals surface area contributed by atoms with Crippen molar-refractivity contribution in [3.63, 3.8) is 0 Å². The molecule has 0 N–H and O–H groups in total. The van der Waals surface area contributed by atoms with E-state index in [9.17, 15) is 9.59 Å². The second-order valence-corrected chi connectivity index (χ2v) is 4.24. The number of anilines is 1. The van der Waals surface area contributed by atoms with Gasteiger partial charge in [0.2, 0.25) is 5.95 Å². The number of benzene rings is 1. The van der Waals surface area contributed by atoms with E-state index in [0.29, 0.717) is 0 Å². The van der Waals surface area contributed by atoms with Gasteiger partial charge < -0.3 is 14.4 Å². The molecule has 0 atom stereocenters. The van der Waals surface area contributed by atoms with Gasteiger partial charge in [0, 0.05) is 11.6 Å². The number of esters is 2. The molecule has 1 heterocycles. The molecule has 1 aromatic heterocycles. The van der Waals surface area contributed by atoms with Crippen molar-refractivity contribution < 1.29 is 19.1 Å². The highest BCUT2D eigenvalue weighted by molar-refractivity contribution is 5.82. The van der Waals surface area contributed by atoms with Crippen molar-refractivity contribution in [1.29, 1.82) is 0 Å². The molecule has 2 rings (SSSR count). The van der Waals surface area contributed by atoms with Gasteiger partial charge >= 0.3 is 11.9 Å². The van der Waals surface area contributed by atoms with E-state index in [2.05, 4.69) is 19.4 Å². The van der Waals surface area contributed by atoms with Crippen LogP contribution in [-0.2, 0) is 19.1 Å². The summed E-state index contributed by atoms with van der Waals surface area (Å²) in [6.07, 6.45) is 1.64. The highest BCUT2D eigenvalue weighted by Gasteiger charge is 2.18. The van der Waals surface area contributed by atoms with Crippen LogP contribution in [0.4, 0.5) is 5.95 Å².